The van der Waals surface area contributed by atoms with Gasteiger partial charge in [-0.2, -0.15) is 5.26 Å². The van der Waals surface area contributed by atoms with Crippen molar-refractivity contribution in [2.75, 3.05) is 10.6 Å². The third-order valence-electron chi connectivity index (χ3n) is 5.07. The van der Waals surface area contributed by atoms with Crippen LogP contribution in [0.25, 0.3) is 0 Å². The Kier molecular flexibility index (Phi) is 5.64. The van der Waals surface area contributed by atoms with Crippen molar-refractivity contribution in [2.24, 2.45) is 0 Å². The summed E-state index contributed by atoms with van der Waals surface area (Å²) in [6.45, 7) is 3.49. The topological polar surface area (TPSA) is 119 Å². The fourth-order valence-corrected chi connectivity index (χ4v) is 3.25. The van der Waals surface area contributed by atoms with Crippen molar-refractivity contribution >= 4 is 29.2 Å². The number of nitrogens with one attached hydrogen (secondary N) is 2. The van der Waals surface area contributed by atoms with E-state index in [-0.39, 0.29) is 17.7 Å². The van der Waals surface area contributed by atoms with E-state index in [1.165, 1.54) is 0 Å². The summed E-state index contributed by atoms with van der Waals surface area (Å²) in [5.41, 5.74) is 5.26. The van der Waals surface area contributed by atoms with Crippen molar-refractivity contribution in [3.63, 3.8) is 0 Å². The van der Waals surface area contributed by atoms with E-state index in [0.29, 0.717) is 12.8 Å². The predicted molar refractivity (Wildman–Crippen MR) is 108 cm³/mol. The molecule has 0 aliphatic carbocycles. The average Bonchev–Trinajstić information content (AvgIpc) is 3.25. The third-order valence-corrected chi connectivity index (χ3v) is 5.07. The summed E-state index contributed by atoms with van der Waals surface area (Å²) in [7, 11) is 0. The van der Waals surface area contributed by atoms with Crippen LogP contribution in [0.15, 0.2) is 36.4 Å². The molecule has 3 N–H and O–H groups in total. The number of hydrogen-bond acceptors (Lipinski definition) is 4. The Morgan fingerprint density at radius 1 is 0.966 bits per heavy atom. The third kappa shape index (κ3) is 4.43. The summed E-state index contributed by atoms with van der Waals surface area (Å²) in [6.07, 6.45) is 0.775. The Bertz CT molecular complexity index is 1040. The SMILES string of the molecule is CC(C#N)c1ccc2c(c1)CC(=O)N2.CC(C(=O)O)c1ccc2c(c1)CC(=O)N2. The van der Waals surface area contributed by atoms with Crippen molar-refractivity contribution in [1.82, 2.24) is 0 Å². The second kappa shape index (κ2) is 8.15. The van der Waals surface area contributed by atoms with Crippen LogP contribution >= 0.6 is 0 Å². The lowest BCUT2D eigenvalue weighted by atomic mass is 9.98. The second-order valence-corrected chi connectivity index (χ2v) is 7.19. The first kappa shape index (κ1) is 20.1. The van der Waals surface area contributed by atoms with Gasteiger partial charge in [0.2, 0.25) is 11.8 Å². The van der Waals surface area contributed by atoms with Crippen LogP contribution in [-0.2, 0) is 27.2 Å². The summed E-state index contributed by atoms with van der Waals surface area (Å²) >= 11 is 0. The molecule has 2 aliphatic heterocycles. The minimum Gasteiger partial charge on any atom is -0.481 e. The first-order chi connectivity index (χ1) is 13.8. The molecule has 0 bridgehead atoms. The van der Waals surface area contributed by atoms with Gasteiger partial charge in [-0.05, 0) is 48.2 Å². The molecule has 2 heterocycles. The van der Waals surface area contributed by atoms with E-state index in [1.807, 2.05) is 25.1 Å². The maximum atomic E-state index is 11.1. The van der Waals surface area contributed by atoms with Gasteiger partial charge in [0.15, 0.2) is 0 Å². The predicted octanol–water partition coefficient (Wildman–Crippen LogP) is 3.18. The molecule has 0 saturated carbocycles. The van der Waals surface area contributed by atoms with Gasteiger partial charge in [-0.15, -0.1) is 0 Å². The number of fused-ring (bicyclic) bond motifs is 2. The molecule has 0 radical (unpaired) electrons. The Balaban J connectivity index is 0.000000166. The lowest BCUT2D eigenvalue weighted by Gasteiger charge is -2.07. The number of carboxylic acid groups (broad SMARTS) is 1. The summed E-state index contributed by atoms with van der Waals surface area (Å²) in [6, 6.07) is 13.1. The van der Waals surface area contributed by atoms with Crippen molar-refractivity contribution < 1.29 is 19.5 Å². The quantitative estimate of drug-likeness (QED) is 0.742. The molecular weight excluding hydrogens is 370 g/mol. The summed E-state index contributed by atoms with van der Waals surface area (Å²) in [5, 5.41) is 23.1. The smallest absolute Gasteiger partial charge is 0.310 e. The molecule has 2 aromatic carbocycles. The Labute approximate surface area is 168 Å². The van der Waals surface area contributed by atoms with Gasteiger partial charge in [-0.3, -0.25) is 14.4 Å². The summed E-state index contributed by atoms with van der Waals surface area (Å²) < 4.78 is 0. The molecule has 4 rings (SSSR count). The fraction of sp³-hybridized carbons (Fsp3) is 0.273. The second-order valence-electron chi connectivity index (χ2n) is 7.19. The maximum Gasteiger partial charge on any atom is 0.310 e. The van der Waals surface area contributed by atoms with Crippen LogP contribution in [0, 0.1) is 11.3 Å². The number of amides is 2. The minimum atomic E-state index is -0.854. The number of nitriles is 1. The molecule has 2 amide bonds. The van der Waals surface area contributed by atoms with Gasteiger partial charge in [0.1, 0.15) is 0 Å². The molecule has 2 aromatic rings. The molecule has 29 heavy (non-hydrogen) atoms. The Morgan fingerprint density at radius 2 is 1.45 bits per heavy atom. The number of nitrogens with zero attached hydrogens (tertiary/aromatic N) is 1. The molecule has 2 atom stereocenters. The van der Waals surface area contributed by atoms with E-state index in [2.05, 4.69) is 16.7 Å². The summed E-state index contributed by atoms with van der Waals surface area (Å²) in [5.74, 6) is -1.51. The average molecular weight is 391 g/mol. The number of carboxylic acids is 1. The number of hydrogen-bond donors (Lipinski definition) is 3. The lowest BCUT2D eigenvalue weighted by Crippen LogP contribution is -2.07. The van der Waals surface area contributed by atoms with Gasteiger partial charge in [0.25, 0.3) is 0 Å². The highest BCUT2D eigenvalue weighted by Crippen LogP contribution is 2.28. The van der Waals surface area contributed by atoms with Crippen LogP contribution < -0.4 is 10.6 Å². The van der Waals surface area contributed by atoms with Crippen LogP contribution in [0.1, 0.15) is 47.9 Å². The number of carbonyl (C=O) groups excluding carboxylic acids is 2. The van der Waals surface area contributed by atoms with E-state index in [4.69, 9.17) is 10.4 Å². The number of anilines is 2. The van der Waals surface area contributed by atoms with Crippen molar-refractivity contribution in [3.8, 4) is 6.07 Å². The molecular formula is C22H21N3O4. The number of benzene rings is 2. The highest BCUT2D eigenvalue weighted by molar-refractivity contribution is 5.99. The zero-order valence-electron chi connectivity index (χ0n) is 16.2. The molecule has 2 unspecified atom stereocenters. The number of carbonyl (C=O) groups is 3. The normalized spacial score (nSPS) is 15.6. The van der Waals surface area contributed by atoms with Crippen molar-refractivity contribution in [3.05, 3.63) is 58.7 Å². The molecule has 7 heteroatoms. The molecule has 7 nitrogen and oxygen atoms in total. The molecule has 0 fully saturated rings. The number of rotatable bonds is 3. The van der Waals surface area contributed by atoms with E-state index in [0.717, 1.165) is 33.6 Å². The van der Waals surface area contributed by atoms with E-state index in [9.17, 15) is 14.4 Å². The van der Waals surface area contributed by atoms with Crippen LogP contribution in [-0.4, -0.2) is 22.9 Å². The van der Waals surface area contributed by atoms with Gasteiger partial charge < -0.3 is 15.7 Å². The van der Waals surface area contributed by atoms with E-state index >= 15 is 0 Å². The first-order valence-electron chi connectivity index (χ1n) is 9.26. The van der Waals surface area contributed by atoms with Crippen LogP contribution in [0.2, 0.25) is 0 Å². The highest BCUT2D eigenvalue weighted by atomic mass is 16.4. The van der Waals surface area contributed by atoms with Gasteiger partial charge in [-0.25, -0.2) is 0 Å². The Morgan fingerprint density at radius 3 is 1.93 bits per heavy atom. The standard InChI is InChI=1S/C11H10N2O.C11H11NO3/c1-7(6-12)8-2-3-10-9(4-8)5-11(14)13-10;1-6(11(14)15)7-2-3-9-8(4-7)5-10(13)12-9/h2-4,7H,5H2,1H3,(H,13,14);2-4,6H,5H2,1H3,(H,12,13)(H,14,15). The first-order valence-corrected chi connectivity index (χ1v) is 9.26. The zero-order chi connectivity index (χ0) is 21.1. The fourth-order valence-electron chi connectivity index (χ4n) is 3.25. The van der Waals surface area contributed by atoms with Crippen LogP contribution in [0.5, 0.6) is 0 Å². The van der Waals surface area contributed by atoms with Crippen molar-refractivity contribution in [2.45, 2.75) is 38.5 Å². The minimum absolute atomic E-state index is 0.0294. The van der Waals surface area contributed by atoms with Gasteiger partial charge in [0, 0.05) is 11.4 Å². The van der Waals surface area contributed by atoms with E-state index in [1.54, 1.807) is 25.1 Å². The highest BCUT2D eigenvalue weighted by Gasteiger charge is 2.21. The van der Waals surface area contributed by atoms with Crippen LogP contribution in [0.3, 0.4) is 0 Å². The van der Waals surface area contributed by atoms with Gasteiger partial charge >= 0.3 is 5.97 Å². The van der Waals surface area contributed by atoms with Crippen LogP contribution in [0.4, 0.5) is 11.4 Å². The largest absolute Gasteiger partial charge is 0.481 e. The summed E-state index contributed by atoms with van der Waals surface area (Å²) in [4.78, 5) is 32.9. The van der Waals surface area contributed by atoms with Gasteiger partial charge in [0.05, 0.1) is 30.7 Å². The molecule has 0 aromatic heterocycles. The zero-order valence-corrected chi connectivity index (χ0v) is 16.2. The maximum absolute atomic E-state index is 11.1. The molecule has 148 valence electrons. The van der Waals surface area contributed by atoms with Gasteiger partial charge in [-0.1, -0.05) is 24.3 Å². The molecule has 0 spiro atoms. The monoisotopic (exact) mass is 391 g/mol. The van der Waals surface area contributed by atoms with Crippen molar-refractivity contribution in [1.29, 1.82) is 5.26 Å². The Hall–Kier alpha value is -3.66. The lowest BCUT2D eigenvalue weighted by molar-refractivity contribution is -0.138. The molecule has 2 aliphatic rings. The number of aliphatic carboxylic acids is 1. The molecule has 0 saturated heterocycles. The van der Waals surface area contributed by atoms with E-state index < -0.39 is 11.9 Å².